The van der Waals surface area contributed by atoms with Crippen LogP contribution in [-0.2, 0) is 6.18 Å². The van der Waals surface area contributed by atoms with Crippen LogP contribution in [0, 0.1) is 0 Å². The van der Waals surface area contributed by atoms with E-state index < -0.39 is 17.8 Å². The smallest absolute Gasteiger partial charge is 0.435 e. The average Bonchev–Trinajstić information content (AvgIpc) is 2.69. The summed E-state index contributed by atoms with van der Waals surface area (Å²) < 4.78 is 38.7. The summed E-state index contributed by atoms with van der Waals surface area (Å²) in [6, 6.07) is 0.789. The molecule has 5 nitrogen and oxygen atoms in total. The van der Waals surface area contributed by atoms with Crippen LogP contribution in [0.5, 0.6) is 0 Å². The van der Waals surface area contributed by atoms with Gasteiger partial charge in [0.25, 0.3) is 0 Å². The van der Waals surface area contributed by atoms with Crippen LogP contribution in [0.3, 0.4) is 0 Å². The van der Waals surface area contributed by atoms with Crippen LogP contribution in [0.25, 0.3) is 5.65 Å². The molecule has 0 unspecified atom stereocenters. The van der Waals surface area contributed by atoms with Crippen molar-refractivity contribution in [3.05, 3.63) is 29.2 Å². The molecule has 8 heteroatoms. The zero-order valence-corrected chi connectivity index (χ0v) is 10.1. The largest absolute Gasteiger partial charge is 0.478 e. The van der Waals surface area contributed by atoms with E-state index in [9.17, 15) is 18.0 Å². The molecule has 0 saturated heterocycles. The van der Waals surface area contributed by atoms with Crippen molar-refractivity contribution in [3.8, 4) is 0 Å². The first kappa shape index (κ1) is 13.3. The van der Waals surface area contributed by atoms with E-state index in [1.54, 1.807) is 13.8 Å². The zero-order chi connectivity index (χ0) is 14.4. The van der Waals surface area contributed by atoms with Gasteiger partial charge in [-0.05, 0) is 5.92 Å². The molecule has 0 saturated carbocycles. The minimum atomic E-state index is -4.59. The Balaban J connectivity index is 2.78. The Morgan fingerprint density at radius 2 is 2.05 bits per heavy atom. The monoisotopic (exact) mass is 273 g/mol. The van der Waals surface area contributed by atoms with E-state index in [1.165, 1.54) is 0 Å². The molecule has 0 aliphatic carbocycles. The van der Waals surface area contributed by atoms with E-state index in [0.717, 1.165) is 16.8 Å². The highest BCUT2D eigenvalue weighted by Crippen LogP contribution is 2.30. The third-order valence-corrected chi connectivity index (χ3v) is 2.59. The molecular formula is C11H10F3N3O2. The van der Waals surface area contributed by atoms with Gasteiger partial charge in [-0.3, -0.25) is 0 Å². The van der Waals surface area contributed by atoms with E-state index in [2.05, 4.69) is 10.1 Å². The summed E-state index contributed by atoms with van der Waals surface area (Å²) >= 11 is 0. The number of rotatable bonds is 2. The van der Waals surface area contributed by atoms with Gasteiger partial charge < -0.3 is 5.11 Å². The van der Waals surface area contributed by atoms with Crippen LogP contribution in [0.15, 0.2) is 12.3 Å². The van der Waals surface area contributed by atoms with Gasteiger partial charge in [0.15, 0.2) is 11.3 Å². The Morgan fingerprint density at radius 3 is 2.53 bits per heavy atom. The van der Waals surface area contributed by atoms with Gasteiger partial charge in [-0.2, -0.15) is 18.3 Å². The molecule has 0 fully saturated rings. The third-order valence-electron chi connectivity index (χ3n) is 2.59. The number of hydrogen-bond donors (Lipinski definition) is 1. The summed E-state index contributed by atoms with van der Waals surface area (Å²) in [7, 11) is 0. The lowest BCUT2D eigenvalue weighted by Gasteiger charge is -2.11. The highest BCUT2D eigenvalue weighted by molar-refractivity contribution is 5.89. The maximum absolute atomic E-state index is 12.6. The lowest BCUT2D eigenvalue weighted by molar-refractivity contribution is -0.141. The van der Waals surface area contributed by atoms with Gasteiger partial charge in [-0.1, -0.05) is 13.8 Å². The van der Waals surface area contributed by atoms with Crippen LogP contribution in [0.2, 0.25) is 0 Å². The quantitative estimate of drug-likeness (QED) is 0.913. The first-order valence-electron chi connectivity index (χ1n) is 5.41. The van der Waals surface area contributed by atoms with E-state index in [0.29, 0.717) is 0 Å². The maximum atomic E-state index is 12.6. The van der Waals surface area contributed by atoms with Gasteiger partial charge in [0, 0.05) is 12.3 Å². The molecule has 102 valence electrons. The minimum Gasteiger partial charge on any atom is -0.478 e. The van der Waals surface area contributed by atoms with Crippen molar-refractivity contribution >= 4 is 11.6 Å². The summed E-state index contributed by atoms with van der Waals surface area (Å²) in [5, 5.41) is 12.5. The lowest BCUT2D eigenvalue weighted by atomic mass is 10.1. The number of carboxylic acids is 1. The van der Waals surface area contributed by atoms with Crippen LogP contribution in [0.4, 0.5) is 13.2 Å². The van der Waals surface area contributed by atoms with Gasteiger partial charge in [0.2, 0.25) is 0 Å². The van der Waals surface area contributed by atoms with E-state index >= 15 is 0 Å². The molecular weight excluding hydrogens is 263 g/mol. The molecule has 2 aromatic heterocycles. The number of fused-ring (bicyclic) bond motifs is 1. The number of alkyl halides is 3. The fourth-order valence-electron chi connectivity index (χ4n) is 1.81. The van der Waals surface area contributed by atoms with Crippen molar-refractivity contribution in [2.24, 2.45) is 0 Å². The first-order valence-corrected chi connectivity index (χ1v) is 5.41. The predicted molar refractivity (Wildman–Crippen MR) is 59.0 cm³/mol. The predicted octanol–water partition coefficient (Wildman–Crippen LogP) is 2.57. The lowest BCUT2D eigenvalue weighted by Crippen LogP contribution is -2.12. The van der Waals surface area contributed by atoms with Crippen molar-refractivity contribution in [1.82, 2.24) is 14.6 Å². The van der Waals surface area contributed by atoms with E-state index in [4.69, 9.17) is 5.11 Å². The first-order chi connectivity index (χ1) is 8.71. The van der Waals surface area contributed by atoms with Gasteiger partial charge in [-0.15, -0.1) is 0 Å². The number of carboxylic acid groups (broad SMARTS) is 1. The van der Waals surface area contributed by atoms with Gasteiger partial charge in [0.05, 0.1) is 11.3 Å². The van der Waals surface area contributed by atoms with Crippen molar-refractivity contribution in [3.63, 3.8) is 0 Å². The molecule has 0 amide bonds. The maximum Gasteiger partial charge on any atom is 0.435 e. The molecule has 2 aromatic rings. The van der Waals surface area contributed by atoms with Crippen LogP contribution in [-0.4, -0.2) is 25.7 Å². The molecule has 2 rings (SSSR count). The number of carbonyl (C=O) groups is 1. The molecule has 0 aromatic carbocycles. The second-order valence-corrected chi connectivity index (χ2v) is 4.31. The van der Waals surface area contributed by atoms with Crippen LogP contribution in [0.1, 0.15) is 41.5 Å². The normalized spacial score (nSPS) is 12.3. The summed E-state index contributed by atoms with van der Waals surface area (Å²) in [5.74, 6) is -1.56. The molecule has 0 radical (unpaired) electrons. The standard InChI is InChI=1S/C11H10F3N3O2/c1-5(2)9-6(10(18)19)4-15-8-3-7(11(12,13)14)16-17(8)9/h3-5H,1-2H3,(H,18,19). The number of aromatic carboxylic acids is 1. The third kappa shape index (κ3) is 2.25. The summed E-state index contributed by atoms with van der Waals surface area (Å²) in [6.45, 7) is 3.35. The second kappa shape index (κ2) is 4.22. The fourth-order valence-corrected chi connectivity index (χ4v) is 1.81. The number of aromatic nitrogens is 3. The average molecular weight is 273 g/mol. The molecule has 0 aliphatic rings. The van der Waals surface area contributed by atoms with E-state index in [1.807, 2.05) is 0 Å². The molecule has 0 atom stereocenters. The number of halogens is 3. The van der Waals surface area contributed by atoms with Crippen LogP contribution < -0.4 is 0 Å². The van der Waals surface area contributed by atoms with Gasteiger partial charge in [-0.25, -0.2) is 14.3 Å². The van der Waals surface area contributed by atoms with Crippen molar-refractivity contribution in [2.75, 3.05) is 0 Å². The summed E-state index contributed by atoms with van der Waals surface area (Å²) in [6.07, 6.45) is -3.54. The summed E-state index contributed by atoms with van der Waals surface area (Å²) in [5.41, 5.74) is -1.09. The molecule has 0 bridgehead atoms. The molecule has 1 N–H and O–H groups in total. The van der Waals surface area contributed by atoms with Gasteiger partial charge in [0.1, 0.15) is 0 Å². The summed E-state index contributed by atoms with van der Waals surface area (Å²) in [4.78, 5) is 14.8. The zero-order valence-electron chi connectivity index (χ0n) is 10.1. The number of nitrogens with zero attached hydrogens (tertiary/aromatic N) is 3. The van der Waals surface area contributed by atoms with Crippen molar-refractivity contribution in [2.45, 2.75) is 25.9 Å². The second-order valence-electron chi connectivity index (χ2n) is 4.31. The fraction of sp³-hybridized carbons (Fsp3) is 0.364. The highest BCUT2D eigenvalue weighted by atomic mass is 19.4. The highest BCUT2D eigenvalue weighted by Gasteiger charge is 2.35. The molecule has 19 heavy (non-hydrogen) atoms. The molecule has 2 heterocycles. The Kier molecular flexibility index (Phi) is 2.95. The van der Waals surface area contributed by atoms with Gasteiger partial charge >= 0.3 is 12.1 Å². The topological polar surface area (TPSA) is 67.5 Å². The Morgan fingerprint density at radius 1 is 1.42 bits per heavy atom. The van der Waals surface area contributed by atoms with Crippen molar-refractivity contribution in [1.29, 1.82) is 0 Å². The molecule has 0 aliphatic heterocycles. The molecule has 0 spiro atoms. The Bertz CT molecular complexity index is 646. The van der Waals surface area contributed by atoms with E-state index in [-0.39, 0.29) is 22.8 Å². The number of hydrogen-bond acceptors (Lipinski definition) is 3. The SMILES string of the molecule is CC(C)c1c(C(=O)O)cnc2cc(C(F)(F)F)nn12. The van der Waals surface area contributed by atoms with Crippen LogP contribution >= 0.6 is 0 Å². The Hall–Kier alpha value is -2.12. The Labute approximate surface area is 105 Å². The minimum absolute atomic E-state index is 0.0268. The van der Waals surface area contributed by atoms with Crippen molar-refractivity contribution < 1.29 is 23.1 Å².